The van der Waals surface area contributed by atoms with Gasteiger partial charge in [0.1, 0.15) is 23.9 Å². The summed E-state index contributed by atoms with van der Waals surface area (Å²) < 4.78 is 23.1. The van der Waals surface area contributed by atoms with Crippen LogP contribution in [-0.4, -0.2) is 50.9 Å². The molecule has 0 spiro atoms. The third kappa shape index (κ3) is 7.15. The third-order valence-corrected chi connectivity index (χ3v) is 8.32. The Hall–Kier alpha value is -5.54. The second-order valence-corrected chi connectivity index (χ2v) is 11.5. The fourth-order valence-electron chi connectivity index (χ4n) is 5.77. The van der Waals surface area contributed by atoms with E-state index in [1.54, 1.807) is 19.5 Å². The third-order valence-electron chi connectivity index (χ3n) is 8.32. The number of ether oxygens (including phenoxy) is 4. The molecule has 238 valence electrons. The minimum Gasteiger partial charge on any atom is -0.497 e. The lowest BCUT2D eigenvalue weighted by Crippen LogP contribution is -2.36. The van der Waals surface area contributed by atoms with Crippen molar-refractivity contribution in [3.05, 3.63) is 120 Å². The average molecular weight is 629 g/mol. The number of anilines is 4. The molecule has 1 amide bonds. The van der Waals surface area contributed by atoms with Crippen LogP contribution in [0.4, 0.5) is 22.7 Å². The molecule has 9 heteroatoms. The van der Waals surface area contributed by atoms with E-state index in [1.165, 1.54) is 5.69 Å². The molecule has 9 nitrogen and oxygen atoms in total. The van der Waals surface area contributed by atoms with Crippen LogP contribution in [0.25, 0.3) is 11.1 Å². The zero-order valence-corrected chi connectivity index (χ0v) is 26.2. The van der Waals surface area contributed by atoms with Gasteiger partial charge in [0.15, 0.2) is 0 Å². The fraction of sp³-hybridized carbons (Fsp3) is 0.211. The van der Waals surface area contributed by atoms with Crippen LogP contribution in [0.15, 0.2) is 103 Å². The molecule has 47 heavy (non-hydrogen) atoms. The van der Waals surface area contributed by atoms with Gasteiger partial charge in [-0.15, -0.1) is 0 Å². The standard InChI is InChI=1S/C38H36N4O5/c1-44-32-20-29(21-33(23-32)47-25-27-3-2-13-39-24-27)28-5-10-34-36(22-28)40-35-11-4-26(19-37(35)41-38(34)43)12-16-46-31-8-6-30(7-9-31)42-14-17-45-18-15-42/h2-11,13,19-24,40H,12,14-18,25H2,1H3,(H,41,43). The molecule has 4 aromatic carbocycles. The van der Waals surface area contributed by atoms with E-state index in [-0.39, 0.29) is 5.91 Å². The van der Waals surface area contributed by atoms with E-state index in [2.05, 4.69) is 38.7 Å². The molecule has 0 atom stereocenters. The first kappa shape index (κ1) is 30.1. The smallest absolute Gasteiger partial charge is 0.257 e. The Bertz CT molecular complexity index is 1860. The van der Waals surface area contributed by atoms with Crippen LogP contribution in [0.3, 0.4) is 0 Å². The van der Waals surface area contributed by atoms with Crippen molar-refractivity contribution in [2.75, 3.05) is 55.6 Å². The molecule has 0 saturated carbocycles. The lowest BCUT2D eigenvalue weighted by atomic mass is 10.0. The molecule has 2 N–H and O–H groups in total. The molecule has 5 aromatic rings. The normalized spacial score (nSPS) is 13.8. The molecule has 1 fully saturated rings. The Balaban J connectivity index is 1.03. The number of benzene rings is 4. The average Bonchev–Trinajstić information content (AvgIpc) is 3.26. The van der Waals surface area contributed by atoms with Gasteiger partial charge in [0, 0.05) is 49.2 Å². The molecule has 2 aliphatic rings. The second-order valence-electron chi connectivity index (χ2n) is 11.5. The van der Waals surface area contributed by atoms with Gasteiger partial charge in [0.25, 0.3) is 5.91 Å². The highest BCUT2D eigenvalue weighted by atomic mass is 16.5. The molecule has 1 aromatic heterocycles. The van der Waals surface area contributed by atoms with Crippen molar-refractivity contribution in [3.63, 3.8) is 0 Å². The number of pyridine rings is 1. The molecule has 3 heterocycles. The lowest BCUT2D eigenvalue weighted by Gasteiger charge is -2.28. The molecule has 0 radical (unpaired) electrons. The molecular weight excluding hydrogens is 592 g/mol. The maximum Gasteiger partial charge on any atom is 0.257 e. The van der Waals surface area contributed by atoms with Gasteiger partial charge < -0.3 is 34.5 Å². The Morgan fingerprint density at radius 1 is 0.766 bits per heavy atom. The number of carbonyl (C=O) groups excluding carboxylic acids is 1. The van der Waals surface area contributed by atoms with Crippen LogP contribution >= 0.6 is 0 Å². The van der Waals surface area contributed by atoms with Crippen molar-refractivity contribution < 1.29 is 23.7 Å². The van der Waals surface area contributed by atoms with Crippen molar-refractivity contribution >= 4 is 28.7 Å². The number of hydrogen-bond acceptors (Lipinski definition) is 8. The summed E-state index contributed by atoms with van der Waals surface area (Å²) >= 11 is 0. The molecule has 0 bridgehead atoms. The first-order chi connectivity index (χ1) is 23.1. The topological polar surface area (TPSA) is 94.2 Å². The van der Waals surface area contributed by atoms with Gasteiger partial charge in [0.2, 0.25) is 0 Å². The Kier molecular flexibility index (Phi) is 8.88. The number of rotatable bonds is 10. The van der Waals surface area contributed by atoms with Gasteiger partial charge in [-0.25, -0.2) is 0 Å². The van der Waals surface area contributed by atoms with Gasteiger partial charge in [-0.05, 0) is 83.4 Å². The maximum absolute atomic E-state index is 13.3. The number of aromatic nitrogens is 1. The summed E-state index contributed by atoms with van der Waals surface area (Å²) in [5.74, 6) is 2.02. The quantitative estimate of drug-likeness (QED) is 0.169. The molecule has 1 saturated heterocycles. The van der Waals surface area contributed by atoms with E-state index < -0.39 is 0 Å². The Morgan fingerprint density at radius 2 is 1.62 bits per heavy atom. The zero-order valence-electron chi connectivity index (χ0n) is 26.2. The van der Waals surface area contributed by atoms with Crippen molar-refractivity contribution in [1.29, 1.82) is 0 Å². The minimum atomic E-state index is -0.169. The van der Waals surface area contributed by atoms with E-state index in [1.807, 2.05) is 72.8 Å². The summed E-state index contributed by atoms with van der Waals surface area (Å²) in [6, 6.07) is 29.7. The number of morpholine rings is 1. The van der Waals surface area contributed by atoms with Crippen LogP contribution in [0.5, 0.6) is 17.2 Å². The van der Waals surface area contributed by atoms with Crippen molar-refractivity contribution in [3.8, 4) is 28.4 Å². The fourth-order valence-corrected chi connectivity index (χ4v) is 5.77. The second kappa shape index (κ2) is 13.8. The number of hydrogen-bond donors (Lipinski definition) is 2. The van der Waals surface area contributed by atoms with Crippen molar-refractivity contribution in [2.45, 2.75) is 13.0 Å². The summed E-state index contributed by atoms with van der Waals surface area (Å²) in [6.45, 7) is 4.24. The SMILES string of the molecule is COc1cc(OCc2cccnc2)cc(-c2ccc3c(c2)Nc2ccc(CCOc4ccc(N5CCOCC5)cc4)cc2NC3=O)c1. The largest absolute Gasteiger partial charge is 0.497 e. The number of nitrogens with zero attached hydrogens (tertiary/aromatic N) is 2. The van der Waals surface area contributed by atoms with E-state index in [9.17, 15) is 4.79 Å². The molecule has 0 unspecified atom stereocenters. The number of nitrogens with one attached hydrogen (secondary N) is 2. The first-order valence-corrected chi connectivity index (χ1v) is 15.7. The number of fused-ring (bicyclic) bond motifs is 2. The summed E-state index contributed by atoms with van der Waals surface area (Å²) in [7, 11) is 1.63. The van der Waals surface area contributed by atoms with Crippen molar-refractivity contribution in [1.82, 2.24) is 4.98 Å². The minimum absolute atomic E-state index is 0.169. The predicted molar refractivity (Wildman–Crippen MR) is 183 cm³/mol. The lowest BCUT2D eigenvalue weighted by molar-refractivity contribution is 0.102. The summed E-state index contributed by atoms with van der Waals surface area (Å²) in [6.07, 6.45) is 4.22. The van der Waals surface area contributed by atoms with E-state index >= 15 is 0 Å². The van der Waals surface area contributed by atoms with Gasteiger partial charge in [0.05, 0.1) is 49.6 Å². The van der Waals surface area contributed by atoms with Gasteiger partial charge in [-0.1, -0.05) is 18.2 Å². The molecule has 0 aliphatic carbocycles. The zero-order chi connectivity index (χ0) is 32.0. The van der Waals surface area contributed by atoms with Crippen molar-refractivity contribution in [2.24, 2.45) is 0 Å². The monoisotopic (exact) mass is 628 g/mol. The molecular formula is C38H36N4O5. The van der Waals surface area contributed by atoms with Crippen LogP contribution in [0.1, 0.15) is 21.5 Å². The molecule has 2 aliphatic heterocycles. The van der Waals surface area contributed by atoms with E-state index in [4.69, 9.17) is 18.9 Å². The summed E-state index contributed by atoms with van der Waals surface area (Å²) in [5, 5.41) is 6.56. The number of methoxy groups -OCH3 is 1. The summed E-state index contributed by atoms with van der Waals surface area (Å²) in [4.78, 5) is 19.8. The summed E-state index contributed by atoms with van der Waals surface area (Å²) in [5.41, 5.74) is 7.88. The van der Waals surface area contributed by atoms with Crippen LogP contribution < -0.4 is 29.7 Å². The predicted octanol–water partition coefficient (Wildman–Crippen LogP) is 7.10. The van der Waals surface area contributed by atoms with Crippen LogP contribution in [-0.2, 0) is 17.8 Å². The highest BCUT2D eigenvalue weighted by Gasteiger charge is 2.20. The van der Waals surface area contributed by atoms with Crippen LogP contribution in [0.2, 0.25) is 0 Å². The molecule has 7 rings (SSSR count). The highest BCUT2D eigenvalue weighted by Crippen LogP contribution is 2.37. The van der Waals surface area contributed by atoms with E-state index in [0.29, 0.717) is 36.7 Å². The first-order valence-electron chi connectivity index (χ1n) is 15.7. The highest BCUT2D eigenvalue weighted by molar-refractivity contribution is 6.12. The Labute approximate surface area is 274 Å². The Morgan fingerprint density at radius 3 is 2.43 bits per heavy atom. The maximum atomic E-state index is 13.3. The van der Waals surface area contributed by atoms with Gasteiger partial charge >= 0.3 is 0 Å². The van der Waals surface area contributed by atoms with Crippen LogP contribution in [0, 0.1) is 0 Å². The van der Waals surface area contributed by atoms with Gasteiger partial charge in [-0.2, -0.15) is 0 Å². The number of amides is 1. The van der Waals surface area contributed by atoms with E-state index in [0.717, 1.165) is 71.4 Å². The number of carbonyl (C=O) groups is 1. The van der Waals surface area contributed by atoms with Gasteiger partial charge in [-0.3, -0.25) is 9.78 Å².